The van der Waals surface area contributed by atoms with Crippen LogP contribution in [0.3, 0.4) is 0 Å². The van der Waals surface area contributed by atoms with Gasteiger partial charge in [-0.25, -0.2) is 4.79 Å². The Hall–Kier alpha value is -1.06. The van der Waals surface area contributed by atoms with Crippen LogP contribution in [-0.4, -0.2) is 30.4 Å². The third kappa shape index (κ3) is 1.10. The summed E-state index contributed by atoms with van der Waals surface area (Å²) in [4.78, 5) is 23.0. The van der Waals surface area contributed by atoms with Gasteiger partial charge in [-0.3, -0.25) is 10.1 Å². The van der Waals surface area contributed by atoms with Crippen molar-refractivity contribution in [2.24, 2.45) is 5.92 Å². The largest absolute Gasteiger partial charge is 0.327 e. The van der Waals surface area contributed by atoms with Crippen LogP contribution in [0.4, 0.5) is 4.79 Å². The number of hydrogen-bond acceptors (Lipinski definition) is 2. The van der Waals surface area contributed by atoms with Crippen LogP contribution >= 0.6 is 0 Å². The molecule has 1 aliphatic heterocycles. The molecule has 4 heteroatoms. The zero-order valence-corrected chi connectivity index (χ0v) is 6.05. The molecule has 0 aromatic heterocycles. The first-order valence-electron chi connectivity index (χ1n) is 3.17. The molecule has 1 fully saturated rings. The van der Waals surface area contributed by atoms with E-state index in [0.29, 0.717) is 6.54 Å². The second kappa shape index (κ2) is 2.28. The monoisotopic (exact) mass is 142 g/mol. The Morgan fingerprint density at radius 1 is 1.60 bits per heavy atom. The summed E-state index contributed by atoms with van der Waals surface area (Å²) in [5, 5.41) is 2.23. The minimum Gasteiger partial charge on any atom is -0.327 e. The van der Waals surface area contributed by atoms with Gasteiger partial charge in [0.2, 0.25) is 5.91 Å². The van der Waals surface area contributed by atoms with E-state index >= 15 is 0 Å². The lowest BCUT2D eigenvalue weighted by atomic mass is 10.1. The van der Waals surface area contributed by atoms with E-state index in [1.54, 1.807) is 14.0 Å². The first-order valence-corrected chi connectivity index (χ1v) is 3.17. The summed E-state index contributed by atoms with van der Waals surface area (Å²) >= 11 is 0. The quantitative estimate of drug-likeness (QED) is 0.509. The summed E-state index contributed by atoms with van der Waals surface area (Å²) in [5.41, 5.74) is 0. The van der Waals surface area contributed by atoms with Crippen molar-refractivity contribution in [1.29, 1.82) is 0 Å². The highest BCUT2D eigenvalue weighted by atomic mass is 16.2. The molecule has 0 aromatic rings. The summed E-state index contributed by atoms with van der Waals surface area (Å²) in [6, 6.07) is -0.303. The second-order valence-corrected chi connectivity index (χ2v) is 2.58. The molecule has 1 heterocycles. The lowest BCUT2D eigenvalue weighted by molar-refractivity contribution is -0.125. The van der Waals surface area contributed by atoms with Crippen LogP contribution in [0.15, 0.2) is 0 Å². The van der Waals surface area contributed by atoms with E-state index in [0.717, 1.165) is 0 Å². The highest BCUT2D eigenvalue weighted by Crippen LogP contribution is 2.03. The van der Waals surface area contributed by atoms with Crippen LogP contribution in [-0.2, 0) is 4.79 Å². The molecule has 1 N–H and O–H groups in total. The zero-order valence-electron chi connectivity index (χ0n) is 6.05. The molecule has 1 atom stereocenters. The van der Waals surface area contributed by atoms with E-state index in [1.165, 1.54) is 4.90 Å². The highest BCUT2D eigenvalue weighted by Gasteiger charge is 2.25. The van der Waals surface area contributed by atoms with Crippen molar-refractivity contribution in [2.75, 3.05) is 13.6 Å². The maximum atomic E-state index is 10.8. The number of nitrogens with zero attached hydrogens (tertiary/aromatic N) is 1. The fourth-order valence-electron chi connectivity index (χ4n) is 0.901. The molecule has 56 valence electrons. The summed E-state index contributed by atoms with van der Waals surface area (Å²) in [6.07, 6.45) is 0. The number of nitrogens with one attached hydrogen (secondary N) is 1. The molecule has 0 spiro atoms. The molecule has 0 radical (unpaired) electrons. The molecule has 0 aromatic carbocycles. The first-order chi connectivity index (χ1) is 4.61. The third-order valence-electron chi connectivity index (χ3n) is 1.57. The van der Waals surface area contributed by atoms with Crippen molar-refractivity contribution in [3.8, 4) is 0 Å². The molecule has 0 bridgehead atoms. The molecule has 4 nitrogen and oxygen atoms in total. The fourth-order valence-corrected chi connectivity index (χ4v) is 0.901. The van der Waals surface area contributed by atoms with Crippen molar-refractivity contribution in [3.63, 3.8) is 0 Å². The van der Waals surface area contributed by atoms with E-state index in [1.807, 2.05) is 0 Å². The maximum absolute atomic E-state index is 10.8. The molecule has 0 aliphatic carbocycles. The van der Waals surface area contributed by atoms with E-state index in [-0.39, 0.29) is 17.9 Å². The van der Waals surface area contributed by atoms with Crippen molar-refractivity contribution in [3.05, 3.63) is 0 Å². The highest BCUT2D eigenvalue weighted by molar-refractivity contribution is 5.97. The van der Waals surface area contributed by atoms with Gasteiger partial charge in [0.15, 0.2) is 0 Å². The van der Waals surface area contributed by atoms with E-state index < -0.39 is 0 Å². The van der Waals surface area contributed by atoms with Crippen molar-refractivity contribution in [1.82, 2.24) is 10.2 Å². The Balaban J connectivity index is 2.63. The van der Waals surface area contributed by atoms with Gasteiger partial charge in [0.25, 0.3) is 0 Å². The normalized spacial score (nSPS) is 26.6. The zero-order chi connectivity index (χ0) is 7.72. The van der Waals surface area contributed by atoms with Crippen LogP contribution < -0.4 is 5.32 Å². The van der Waals surface area contributed by atoms with Gasteiger partial charge in [-0.05, 0) is 0 Å². The SMILES string of the molecule is CC1CN(C)C(=O)NC1=O. The van der Waals surface area contributed by atoms with Gasteiger partial charge < -0.3 is 4.90 Å². The number of amides is 3. The van der Waals surface area contributed by atoms with Gasteiger partial charge in [-0.15, -0.1) is 0 Å². The van der Waals surface area contributed by atoms with Crippen LogP contribution in [0.2, 0.25) is 0 Å². The standard InChI is InChI=1S/C6H10N2O2/c1-4-3-8(2)6(10)7-5(4)9/h4H,3H2,1-2H3,(H,7,9,10). The third-order valence-corrected chi connectivity index (χ3v) is 1.57. The van der Waals surface area contributed by atoms with Gasteiger partial charge in [0.05, 0.1) is 5.92 Å². The maximum Gasteiger partial charge on any atom is 0.323 e. The van der Waals surface area contributed by atoms with E-state index in [4.69, 9.17) is 0 Å². The molecule has 1 rings (SSSR count). The Bertz CT molecular complexity index is 161. The predicted octanol–water partition coefficient (Wildman–Crippen LogP) is -0.196. The van der Waals surface area contributed by atoms with Gasteiger partial charge in [0, 0.05) is 13.6 Å². The molecule has 1 saturated heterocycles. The lowest BCUT2D eigenvalue weighted by Crippen LogP contribution is -2.51. The molecule has 1 unspecified atom stereocenters. The molecule has 10 heavy (non-hydrogen) atoms. The predicted molar refractivity (Wildman–Crippen MR) is 35.3 cm³/mol. The molecular formula is C6H10N2O2. The van der Waals surface area contributed by atoms with Crippen LogP contribution in [0, 0.1) is 5.92 Å². The van der Waals surface area contributed by atoms with Crippen molar-refractivity contribution in [2.45, 2.75) is 6.92 Å². The summed E-state index contributed by atoms with van der Waals surface area (Å²) in [5.74, 6) is -0.259. The van der Waals surface area contributed by atoms with Crippen molar-refractivity contribution < 1.29 is 9.59 Å². The Labute approximate surface area is 59.2 Å². The molecule has 1 aliphatic rings. The first kappa shape index (κ1) is 7.05. The van der Waals surface area contributed by atoms with Gasteiger partial charge in [-0.2, -0.15) is 0 Å². The van der Waals surface area contributed by atoms with Crippen LogP contribution in [0.1, 0.15) is 6.92 Å². The molecule has 0 saturated carbocycles. The minimum absolute atomic E-state index is 0.0808. The smallest absolute Gasteiger partial charge is 0.323 e. The van der Waals surface area contributed by atoms with Crippen LogP contribution in [0.25, 0.3) is 0 Å². The number of hydrogen-bond donors (Lipinski definition) is 1. The fraction of sp³-hybridized carbons (Fsp3) is 0.667. The van der Waals surface area contributed by atoms with E-state index in [2.05, 4.69) is 5.32 Å². The number of rotatable bonds is 0. The Morgan fingerprint density at radius 2 is 2.20 bits per heavy atom. The lowest BCUT2D eigenvalue weighted by Gasteiger charge is -2.26. The van der Waals surface area contributed by atoms with Gasteiger partial charge >= 0.3 is 6.03 Å². The molecular weight excluding hydrogens is 132 g/mol. The van der Waals surface area contributed by atoms with Gasteiger partial charge in [-0.1, -0.05) is 6.92 Å². The number of urea groups is 1. The minimum atomic E-state index is -0.303. The van der Waals surface area contributed by atoms with Crippen LogP contribution in [0.5, 0.6) is 0 Å². The van der Waals surface area contributed by atoms with Gasteiger partial charge in [0.1, 0.15) is 0 Å². The number of carbonyl (C=O) groups is 2. The Morgan fingerprint density at radius 3 is 2.70 bits per heavy atom. The number of imide groups is 1. The summed E-state index contributed by atoms with van der Waals surface area (Å²) < 4.78 is 0. The summed E-state index contributed by atoms with van der Waals surface area (Å²) in [6.45, 7) is 2.31. The topological polar surface area (TPSA) is 49.4 Å². The summed E-state index contributed by atoms with van der Waals surface area (Å²) in [7, 11) is 1.66. The van der Waals surface area contributed by atoms with E-state index in [9.17, 15) is 9.59 Å². The average Bonchev–Trinajstić information content (AvgIpc) is 1.84. The second-order valence-electron chi connectivity index (χ2n) is 2.58. The molecule has 3 amide bonds. The van der Waals surface area contributed by atoms with Crippen molar-refractivity contribution >= 4 is 11.9 Å². The Kier molecular flexibility index (Phi) is 1.61. The average molecular weight is 142 g/mol. The number of carbonyl (C=O) groups excluding carboxylic acids is 2.